The number of carbonyl (C=O) groups is 2. The first-order valence-electron chi connectivity index (χ1n) is 11.2. The number of nitrogens with zero attached hydrogens (tertiary/aromatic N) is 1. The Hall–Kier alpha value is -3.61. The maximum absolute atomic E-state index is 12.9. The fraction of sp³-hybridized carbons (Fsp3) is 0.259. The molecule has 0 bridgehead atoms. The highest BCUT2D eigenvalue weighted by molar-refractivity contribution is 7.14. The van der Waals surface area contributed by atoms with Gasteiger partial charge in [-0.2, -0.15) is 13.2 Å². The highest BCUT2D eigenvalue weighted by atomic mass is 32.1. The summed E-state index contributed by atoms with van der Waals surface area (Å²) in [7, 11) is 0. The third-order valence-corrected chi connectivity index (χ3v) is 6.59. The zero-order valence-corrected chi connectivity index (χ0v) is 20.1. The van der Waals surface area contributed by atoms with Gasteiger partial charge in [0.05, 0.1) is 9.75 Å². The number of hydrogen-bond donors (Lipinski definition) is 2. The second-order valence-corrected chi connectivity index (χ2v) is 9.18. The van der Waals surface area contributed by atoms with E-state index in [1.165, 1.54) is 22.5 Å². The summed E-state index contributed by atoms with van der Waals surface area (Å²) in [5.41, 5.74) is 9.26. The molecule has 3 aromatic rings. The Morgan fingerprint density at radius 3 is 2.28 bits per heavy atom. The predicted octanol–water partition coefficient (Wildman–Crippen LogP) is 5.26. The highest BCUT2D eigenvalue weighted by Gasteiger charge is 2.38. The van der Waals surface area contributed by atoms with Crippen molar-refractivity contribution in [1.82, 2.24) is 4.90 Å². The van der Waals surface area contributed by atoms with Gasteiger partial charge in [-0.15, -0.1) is 11.3 Å². The summed E-state index contributed by atoms with van der Waals surface area (Å²) in [4.78, 5) is 25.5. The molecular formula is C27H25F3N2O3S. The lowest BCUT2D eigenvalue weighted by molar-refractivity contribution is -0.192. The quantitative estimate of drug-likeness (QED) is 0.467. The zero-order valence-electron chi connectivity index (χ0n) is 19.3. The SMILES string of the molecule is NCc1cccc(C2CCN(C(=O)c3ccc(C#Cc4ccccc4)s3)CC2)c1.O=C(O)C(F)(F)F. The molecule has 4 rings (SSSR count). The molecule has 1 aliphatic heterocycles. The van der Waals surface area contributed by atoms with Gasteiger partial charge in [-0.25, -0.2) is 4.79 Å². The van der Waals surface area contributed by atoms with Crippen LogP contribution in [0.4, 0.5) is 13.2 Å². The van der Waals surface area contributed by atoms with E-state index in [2.05, 4.69) is 36.1 Å². The number of carboxylic acids is 1. The van der Waals surface area contributed by atoms with Crippen LogP contribution in [-0.2, 0) is 11.3 Å². The average molecular weight is 515 g/mol. The number of hydrogen-bond acceptors (Lipinski definition) is 4. The number of piperidine rings is 1. The van der Waals surface area contributed by atoms with Crippen molar-refractivity contribution < 1.29 is 27.9 Å². The van der Waals surface area contributed by atoms with E-state index >= 15 is 0 Å². The van der Waals surface area contributed by atoms with Gasteiger partial charge in [0, 0.05) is 25.2 Å². The molecule has 188 valence electrons. The molecular weight excluding hydrogens is 489 g/mol. The third-order valence-electron chi connectivity index (χ3n) is 5.60. The van der Waals surface area contributed by atoms with Crippen LogP contribution < -0.4 is 5.73 Å². The first-order chi connectivity index (χ1) is 17.2. The number of thiophene rings is 1. The Bertz CT molecular complexity index is 1240. The van der Waals surface area contributed by atoms with Gasteiger partial charge < -0.3 is 15.7 Å². The lowest BCUT2D eigenvalue weighted by Gasteiger charge is -2.32. The number of likely N-dealkylation sites (tertiary alicyclic amines) is 1. The van der Waals surface area contributed by atoms with Crippen molar-refractivity contribution in [3.63, 3.8) is 0 Å². The van der Waals surface area contributed by atoms with Gasteiger partial charge in [0.25, 0.3) is 5.91 Å². The minimum atomic E-state index is -5.08. The molecule has 1 saturated heterocycles. The normalized spacial score (nSPS) is 13.7. The summed E-state index contributed by atoms with van der Waals surface area (Å²) >= 11 is 1.48. The van der Waals surface area contributed by atoms with Crippen LogP contribution in [0.25, 0.3) is 0 Å². The van der Waals surface area contributed by atoms with Crippen molar-refractivity contribution >= 4 is 23.2 Å². The summed E-state index contributed by atoms with van der Waals surface area (Å²) in [6.07, 6.45) is -3.10. The topological polar surface area (TPSA) is 83.6 Å². The van der Waals surface area contributed by atoms with Gasteiger partial charge in [-0.1, -0.05) is 54.3 Å². The van der Waals surface area contributed by atoms with E-state index in [9.17, 15) is 18.0 Å². The third kappa shape index (κ3) is 7.70. The molecule has 3 N–H and O–H groups in total. The smallest absolute Gasteiger partial charge is 0.475 e. The minimum absolute atomic E-state index is 0.122. The largest absolute Gasteiger partial charge is 0.490 e. The van der Waals surface area contributed by atoms with Gasteiger partial charge >= 0.3 is 12.1 Å². The van der Waals surface area contributed by atoms with Crippen LogP contribution in [0.15, 0.2) is 66.7 Å². The number of amides is 1. The van der Waals surface area contributed by atoms with Gasteiger partial charge in [0.1, 0.15) is 0 Å². The van der Waals surface area contributed by atoms with Crippen molar-refractivity contribution in [2.45, 2.75) is 31.5 Å². The molecule has 1 fully saturated rings. The summed E-state index contributed by atoms with van der Waals surface area (Å²) in [5.74, 6) is 4.18. The number of carboxylic acid groups (broad SMARTS) is 1. The van der Waals surface area contributed by atoms with Crippen LogP contribution in [0.1, 0.15) is 50.0 Å². The second kappa shape index (κ2) is 12.4. The second-order valence-electron chi connectivity index (χ2n) is 8.10. The molecule has 0 spiro atoms. The maximum atomic E-state index is 12.9. The van der Waals surface area contributed by atoms with E-state index in [1.807, 2.05) is 47.4 Å². The van der Waals surface area contributed by atoms with E-state index in [-0.39, 0.29) is 5.91 Å². The van der Waals surface area contributed by atoms with Crippen LogP contribution in [-0.4, -0.2) is 41.1 Å². The summed E-state index contributed by atoms with van der Waals surface area (Å²) < 4.78 is 31.7. The Morgan fingerprint density at radius 2 is 1.67 bits per heavy atom. The minimum Gasteiger partial charge on any atom is -0.475 e. The van der Waals surface area contributed by atoms with Crippen molar-refractivity contribution in [1.29, 1.82) is 0 Å². The van der Waals surface area contributed by atoms with Crippen molar-refractivity contribution in [3.05, 3.63) is 93.2 Å². The summed E-state index contributed by atoms with van der Waals surface area (Å²) in [6, 6.07) is 22.3. The van der Waals surface area contributed by atoms with Gasteiger partial charge in [-0.3, -0.25) is 4.79 Å². The van der Waals surface area contributed by atoms with Crippen molar-refractivity contribution in [3.8, 4) is 11.8 Å². The lowest BCUT2D eigenvalue weighted by atomic mass is 9.88. The van der Waals surface area contributed by atoms with E-state index in [0.29, 0.717) is 12.5 Å². The van der Waals surface area contributed by atoms with E-state index in [0.717, 1.165) is 41.2 Å². The fourth-order valence-corrected chi connectivity index (χ4v) is 4.55. The number of carbonyl (C=O) groups excluding carboxylic acids is 1. The van der Waals surface area contributed by atoms with Gasteiger partial charge in [0.15, 0.2) is 0 Å². The Balaban J connectivity index is 0.000000454. The molecule has 2 heterocycles. The molecule has 1 amide bonds. The first kappa shape index (κ1) is 27.0. The number of nitrogens with two attached hydrogens (primary N) is 1. The van der Waals surface area contributed by atoms with Crippen LogP contribution in [0.3, 0.4) is 0 Å². The van der Waals surface area contributed by atoms with Crippen molar-refractivity contribution in [2.24, 2.45) is 5.73 Å². The summed E-state index contributed by atoms with van der Waals surface area (Å²) in [6.45, 7) is 2.15. The van der Waals surface area contributed by atoms with Crippen molar-refractivity contribution in [2.75, 3.05) is 13.1 Å². The zero-order chi connectivity index (χ0) is 26.1. The lowest BCUT2D eigenvalue weighted by Crippen LogP contribution is -2.37. The number of benzene rings is 2. The fourth-order valence-electron chi connectivity index (χ4n) is 3.72. The molecule has 0 unspecified atom stereocenters. The number of halogens is 3. The van der Waals surface area contributed by atoms with E-state index < -0.39 is 12.1 Å². The standard InChI is InChI=1S/C25H24N2OS.C2HF3O2/c26-18-20-7-4-8-22(17-20)21-13-15-27(16-14-21)25(28)24-12-11-23(29-24)10-9-19-5-2-1-3-6-19;3-2(4,5)1(6)7/h1-8,11-12,17,21H,13-16,18,26H2;(H,6,7). The van der Waals surface area contributed by atoms with E-state index in [1.54, 1.807) is 0 Å². The molecule has 5 nitrogen and oxygen atoms in total. The molecule has 0 saturated carbocycles. The average Bonchev–Trinajstić information content (AvgIpc) is 3.37. The first-order valence-corrected chi connectivity index (χ1v) is 12.0. The number of aliphatic carboxylic acids is 1. The number of alkyl halides is 3. The maximum Gasteiger partial charge on any atom is 0.490 e. The summed E-state index contributed by atoms with van der Waals surface area (Å²) in [5, 5.41) is 7.12. The van der Waals surface area contributed by atoms with Crippen LogP contribution in [0.2, 0.25) is 0 Å². The van der Waals surface area contributed by atoms with Crippen LogP contribution in [0, 0.1) is 11.8 Å². The molecule has 0 aliphatic carbocycles. The molecule has 2 aromatic carbocycles. The molecule has 1 aromatic heterocycles. The Labute approximate surface area is 211 Å². The van der Waals surface area contributed by atoms with E-state index in [4.69, 9.17) is 15.6 Å². The Morgan fingerprint density at radius 1 is 1.00 bits per heavy atom. The molecule has 1 aliphatic rings. The number of rotatable bonds is 3. The van der Waals surface area contributed by atoms with Gasteiger partial charge in [-0.05, 0) is 54.2 Å². The Kier molecular flexibility index (Phi) is 9.28. The predicted molar refractivity (Wildman–Crippen MR) is 133 cm³/mol. The molecule has 36 heavy (non-hydrogen) atoms. The molecule has 0 atom stereocenters. The highest BCUT2D eigenvalue weighted by Crippen LogP contribution is 2.30. The van der Waals surface area contributed by atoms with Crippen LogP contribution in [0.5, 0.6) is 0 Å². The molecule has 9 heteroatoms. The van der Waals surface area contributed by atoms with Gasteiger partial charge in [0.2, 0.25) is 0 Å². The monoisotopic (exact) mass is 514 g/mol. The van der Waals surface area contributed by atoms with Crippen LogP contribution >= 0.6 is 11.3 Å². The molecule has 0 radical (unpaired) electrons.